The average Bonchev–Trinajstić information content (AvgIpc) is 2.49. The Morgan fingerprint density at radius 1 is 1.57 bits per heavy atom. The van der Waals surface area contributed by atoms with Gasteiger partial charge in [-0.25, -0.2) is 0 Å². The van der Waals surface area contributed by atoms with E-state index in [-0.39, 0.29) is 5.91 Å². The first-order chi connectivity index (χ1) is 10.1. The fourth-order valence-corrected chi connectivity index (χ4v) is 2.65. The molecule has 5 nitrogen and oxygen atoms in total. The molecule has 21 heavy (non-hydrogen) atoms. The van der Waals surface area contributed by atoms with Gasteiger partial charge in [0.2, 0.25) is 5.91 Å². The Kier molecular flexibility index (Phi) is 5.85. The van der Waals surface area contributed by atoms with Gasteiger partial charge in [0.1, 0.15) is 6.04 Å². The summed E-state index contributed by atoms with van der Waals surface area (Å²) in [7, 11) is 0. The van der Waals surface area contributed by atoms with Crippen molar-refractivity contribution in [3.63, 3.8) is 0 Å². The predicted molar refractivity (Wildman–Crippen MR) is 84.6 cm³/mol. The van der Waals surface area contributed by atoms with Crippen molar-refractivity contribution in [2.24, 2.45) is 5.73 Å². The largest absolute Gasteiger partial charge is 0.377 e. The van der Waals surface area contributed by atoms with E-state index < -0.39 is 6.04 Å². The SMILES string of the molecule is CCCNCc1ccc(N2CCOCC2C(N)=O)cc1Cl. The molecular formula is C15H22ClN3O2. The zero-order valence-electron chi connectivity index (χ0n) is 12.3. The lowest BCUT2D eigenvalue weighted by molar-refractivity contribution is -0.121. The molecule has 1 atom stereocenters. The Balaban J connectivity index is 2.12. The number of carbonyl (C=O) groups is 1. The number of hydrogen-bond acceptors (Lipinski definition) is 4. The van der Waals surface area contributed by atoms with E-state index in [4.69, 9.17) is 22.1 Å². The summed E-state index contributed by atoms with van der Waals surface area (Å²) in [6.45, 7) is 5.38. The van der Waals surface area contributed by atoms with Crippen LogP contribution in [0.1, 0.15) is 18.9 Å². The van der Waals surface area contributed by atoms with E-state index in [1.807, 2.05) is 23.1 Å². The normalized spacial score (nSPS) is 18.8. The third-order valence-corrected chi connectivity index (χ3v) is 3.92. The van der Waals surface area contributed by atoms with Gasteiger partial charge in [0.05, 0.1) is 13.2 Å². The van der Waals surface area contributed by atoms with Crippen LogP contribution in [0.25, 0.3) is 0 Å². The number of nitrogens with zero attached hydrogens (tertiary/aromatic N) is 1. The average molecular weight is 312 g/mol. The molecule has 3 N–H and O–H groups in total. The zero-order valence-corrected chi connectivity index (χ0v) is 13.0. The maximum absolute atomic E-state index is 11.5. The number of morpholine rings is 1. The minimum absolute atomic E-state index is 0.326. The first kappa shape index (κ1) is 16.1. The van der Waals surface area contributed by atoms with Gasteiger partial charge in [-0.1, -0.05) is 24.6 Å². The van der Waals surface area contributed by atoms with Crippen LogP contribution in [-0.4, -0.2) is 38.3 Å². The van der Waals surface area contributed by atoms with Crippen molar-refractivity contribution < 1.29 is 9.53 Å². The first-order valence-corrected chi connectivity index (χ1v) is 7.64. The number of carbonyl (C=O) groups excluding carboxylic acids is 1. The second-order valence-corrected chi connectivity index (χ2v) is 5.55. The highest BCUT2D eigenvalue weighted by molar-refractivity contribution is 6.31. The lowest BCUT2D eigenvalue weighted by Gasteiger charge is -2.35. The summed E-state index contributed by atoms with van der Waals surface area (Å²) in [5, 5.41) is 4.03. The highest BCUT2D eigenvalue weighted by Crippen LogP contribution is 2.26. The smallest absolute Gasteiger partial charge is 0.242 e. The summed E-state index contributed by atoms with van der Waals surface area (Å²) < 4.78 is 5.33. The van der Waals surface area contributed by atoms with Crippen LogP contribution >= 0.6 is 11.6 Å². The molecule has 1 aliphatic heterocycles. The molecule has 116 valence electrons. The summed E-state index contributed by atoms with van der Waals surface area (Å²) in [6.07, 6.45) is 1.09. The topological polar surface area (TPSA) is 67.6 Å². The predicted octanol–water partition coefficient (Wildman–Crippen LogP) is 1.53. The molecule has 1 unspecified atom stereocenters. The minimum atomic E-state index is -0.432. The van der Waals surface area contributed by atoms with Crippen LogP contribution in [0.2, 0.25) is 5.02 Å². The number of halogens is 1. The molecule has 0 spiro atoms. The Morgan fingerprint density at radius 2 is 2.38 bits per heavy atom. The second-order valence-electron chi connectivity index (χ2n) is 5.14. The van der Waals surface area contributed by atoms with E-state index in [2.05, 4.69) is 12.2 Å². The fourth-order valence-electron chi connectivity index (χ4n) is 2.41. The fraction of sp³-hybridized carbons (Fsp3) is 0.533. The number of hydrogen-bond donors (Lipinski definition) is 2. The lowest BCUT2D eigenvalue weighted by atomic mass is 10.1. The van der Waals surface area contributed by atoms with Gasteiger partial charge in [-0.15, -0.1) is 0 Å². The highest BCUT2D eigenvalue weighted by Gasteiger charge is 2.28. The lowest BCUT2D eigenvalue weighted by Crippen LogP contribution is -2.52. The number of rotatable bonds is 6. The van der Waals surface area contributed by atoms with Gasteiger partial charge in [0.25, 0.3) is 0 Å². The van der Waals surface area contributed by atoms with Crippen LogP contribution in [0.15, 0.2) is 18.2 Å². The molecule has 1 aliphatic rings. The van der Waals surface area contributed by atoms with Gasteiger partial charge in [-0.2, -0.15) is 0 Å². The summed E-state index contributed by atoms with van der Waals surface area (Å²) in [5.74, 6) is -0.375. The molecule has 6 heteroatoms. The van der Waals surface area contributed by atoms with Crippen LogP contribution in [0.3, 0.4) is 0 Å². The van der Waals surface area contributed by atoms with Crippen molar-refractivity contribution in [2.45, 2.75) is 25.9 Å². The van der Waals surface area contributed by atoms with E-state index >= 15 is 0 Å². The van der Waals surface area contributed by atoms with Crippen LogP contribution in [0, 0.1) is 0 Å². The molecule has 0 radical (unpaired) electrons. The Bertz CT molecular complexity index is 496. The molecule has 0 aromatic heterocycles. The molecule has 0 aliphatic carbocycles. The molecular weight excluding hydrogens is 290 g/mol. The Hall–Kier alpha value is -1.30. The van der Waals surface area contributed by atoms with Crippen molar-refractivity contribution in [1.82, 2.24) is 5.32 Å². The number of benzene rings is 1. The summed E-state index contributed by atoms with van der Waals surface area (Å²) in [5.41, 5.74) is 7.40. The Morgan fingerprint density at radius 3 is 3.05 bits per heavy atom. The third-order valence-electron chi connectivity index (χ3n) is 3.57. The molecule has 1 fully saturated rings. The van der Waals surface area contributed by atoms with E-state index in [0.29, 0.717) is 24.8 Å². The maximum Gasteiger partial charge on any atom is 0.242 e. The molecule has 1 saturated heterocycles. The van der Waals surface area contributed by atoms with Crippen molar-refractivity contribution in [1.29, 1.82) is 0 Å². The molecule has 0 saturated carbocycles. The molecule has 1 aromatic rings. The number of primary amides is 1. The minimum Gasteiger partial charge on any atom is -0.377 e. The first-order valence-electron chi connectivity index (χ1n) is 7.26. The van der Waals surface area contributed by atoms with Crippen LogP contribution < -0.4 is 16.0 Å². The van der Waals surface area contributed by atoms with E-state index in [1.54, 1.807) is 0 Å². The second kappa shape index (κ2) is 7.64. The summed E-state index contributed by atoms with van der Waals surface area (Å²) in [4.78, 5) is 13.5. The van der Waals surface area contributed by atoms with Gasteiger partial charge >= 0.3 is 0 Å². The van der Waals surface area contributed by atoms with E-state index in [1.165, 1.54) is 0 Å². The zero-order chi connectivity index (χ0) is 15.2. The maximum atomic E-state index is 11.5. The third kappa shape index (κ3) is 4.09. The number of nitrogens with two attached hydrogens (primary N) is 1. The molecule has 1 heterocycles. The van der Waals surface area contributed by atoms with Gasteiger partial charge in [-0.05, 0) is 30.7 Å². The van der Waals surface area contributed by atoms with Crippen molar-refractivity contribution in [2.75, 3.05) is 31.2 Å². The molecule has 1 aromatic carbocycles. The van der Waals surface area contributed by atoms with Crippen molar-refractivity contribution >= 4 is 23.2 Å². The highest BCUT2D eigenvalue weighted by atomic mass is 35.5. The molecule has 2 rings (SSSR count). The van der Waals surface area contributed by atoms with Crippen molar-refractivity contribution in [3.8, 4) is 0 Å². The van der Waals surface area contributed by atoms with Crippen LogP contribution in [-0.2, 0) is 16.1 Å². The van der Waals surface area contributed by atoms with E-state index in [9.17, 15) is 4.79 Å². The van der Waals surface area contributed by atoms with Crippen LogP contribution in [0.4, 0.5) is 5.69 Å². The Labute approximate surface area is 130 Å². The quantitative estimate of drug-likeness (QED) is 0.782. The number of nitrogens with one attached hydrogen (secondary N) is 1. The number of ether oxygens (including phenoxy) is 1. The van der Waals surface area contributed by atoms with Gasteiger partial charge in [0.15, 0.2) is 0 Å². The van der Waals surface area contributed by atoms with Gasteiger partial charge < -0.3 is 20.7 Å². The van der Waals surface area contributed by atoms with Crippen molar-refractivity contribution in [3.05, 3.63) is 28.8 Å². The number of anilines is 1. The van der Waals surface area contributed by atoms with Crippen LogP contribution in [0.5, 0.6) is 0 Å². The molecule has 0 bridgehead atoms. The summed E-state index contributed by atoms with van der Waals surface area (Å²) in [6, 6.07) is 5.44. The molecule has 1 amide bonds. The van der Waals surface area contributed by atoms with E-state index in [0.717, 1.165) is 30.8 Å². The van der Waals surface area contributed by atoms with Gasteiger partial charge in [0, 0.05) is 23.8 Å². The standard InChI is InChI=1S/C15H22ClN3O2/c1-2-5-18-9-11-3-4-12(8-13(11)16)19-6-7-21-10-14(19)15(17)20/h3-4,8,14,18H,2,5-7,9-10H2,1H3,(H2,17,20). The number of amides is 1. The van der Waals surface area contributed by atoms with Gasteiger partial charge in [-0.3, -0.25) is 4.79 Å². The monoisotopic (exact) mass is 311 g/mol. The summed E-state index contributed by atoms with van der Waals surface area (Å²) >= 11 is 6.34.